The third-order valence-corrected chi connectivity index (χ3v) is 7.93. The highest BCUT2D eigenvalue weighted by atomic mass is 16.5. The number of allylic oxidation sites excluding steroid dienone is 4. The minimum atomic E-state index is -0.533. The molecule has 4 atom stereocenters. The Balaban J connectivity index is 0.952. The highest BCUT2D eigenvalue weighted by molar-refractivity contribution is 5.33. The molecule has 2 aromatic rings. The molecule has 0 aromatic heterocycles. The van der Waals surface area contributed by atoms with Crippen LogP contribution in [0.15, 0.2) is 72.8 Å². The Labute approximate surface area is 227 Å². The molecule has 5 rings (SSSR count). The summed E-state index contributed by atoms with van der Waals surface area (Å²) in [5.74, 6) is 2.66. The summed E-state index contributed by atoms with van der Waals surface area (Å²) < 4.78 is 11.7. The van der Waals surface area contributed by atoms with Gasteiger partial charge in [0.1, 0.15) is 36.9 Å². The molecule has 6 nitrogen and oxygen atoms in total. The molecule has 1 aliphatic heterocycles. The van der Waals surface area contributed by atoms with Crippen LogP contribution >= 0.6 is 0 Å². The van der Waals surface area contributed by atoms with Crippen LogP contribution in [0.25, 0.3) is 0 Å². The van der Waals surface area contributed by atoms with Gasteiger partial charge >= 0.3 is 0 Å². The van der Waals surface area contributed by atoms with Crippen molar-refractivity contribution < 1.29 is 19.7 Å². The summed E-state index contributed by atoms with van der Waals surface area (Å²) in [5, 5.41) is 21.0. The number of nitrogens with zero attached hydrogens (tertiary/aromatic N) is 2. The van der Waals surface area contributed by atoms with E-state index in [2.05, 4.69) is 58.4 Å². The van der Waals surface area contributed by atoms with E-state index in [0.717, 1.165) is 50.5 Å². The van der Waals surface area contributed by atoms with Crippen LogP contribution in [-0.4, -0.2) is 84.7 Å². The molecule has 204 valence electrons. The van der Waals surface area contributed by atoms with E-state index in [4.69, 9.17) is 9.47 Å². The largest absolute Gasteiger partial charge is 0.491 e. The second-order valence-corrected chi connectivity index (χ2v) is 10.9. The molecule has 0 unspecified atom stereocenters. The van der Waals surface area contributed by atoms with Crippen molar-refractivity contribution in [2.24, 2.45) is 0 Å². The zero-order valence-corrected chi connectivity index (χ0v) is 22.3. The van der Waals surface area contributed by atoms with Gasteiger partial charge in [0.25, 0.3) is 0 Å². The van der Waals surface area contributed by atoms with Crippen LogP contribution in [0, 0.1) is 0 Å². The molecule has 1 fully saturated rings. The van der Waals surface area contributed by atoms with Crippen molar-refractivity contribution in [3.8, 4) is 11.5 Å². The number of piperazine rings is 1. The van der Waals surface area contributed by atoms with Crippen molar-refractivity contribution in [3.63, 3.8) is 0 Å². The molecule has 0 saturated carbocycles. The number of β-amino-alcohol motifs (C(OH)–C–C–N with tert-alkyl or cyclic N) is 2. The Morgan fingerprint density at radius 1 is 0.632 bits per heavy atom. The summed E-state index contributed by atoms with van der Waals surface area (Å²) in [6, 6.07) is 16.5. The number of aliphatic hydroxyl groups excluding tert-OH is 2. The SMILES string of the molecule is O[C@H](COc1ccc([C@H]2C=CCC2)cc1)CN1CCN(C[C@H](O)COc2ccc([C@H]3C=CCC3)cc2)CC1. The molecule has 1 heterocycles. The van der Waals surface area contributed by atoms with Gasteiger partial charge in [0.15, 0.2) is 0 Å². The first-order valence-electron chi connectivity index (χ1n) is 14.2. The number of hydrogen-bond acceptors (Lipinski definition) is 6. The summed E-state index contributed by atoms with van der Waals surface area (Å²) in [4.78, 5) is 4.54. The number of benzene rings is 2. The number of aliphatic hydroxyl groups is 2. The molecule has 1 saturated heterocycles. The number of ether oxygens (including phenoxy) is 2. The lowest BCUT2D eigenvalue weighted by Crippen LogP contribution is -2.51. The normalized spacial score (nSPS) is 23.5. The molecule has 6 heteroatoms. The Morgan fingerprint density at radius 2 is 1.03 bits per heavy atom. The van der Waals surface area contributed by atoms with Crippen molar-refractivity contribution in [1.82, 2.24) is 9.80 Å². The van der Waals surface area contributed by atoms with Gasteiger partial charge in [0, 0.05) is 51.1 Å². The summed E-state index contributed by atoms with van der Waals surface area (Å²) in [7, 11) is 0. The maximum Gasteiger partial charge on any atom is 0.119 e. The van der Waals surface area contributed by atoms with Gasteiger partial charge < -0.3 is 19.7 Å². The molecule has 2 aromatic carbocycles. The minimum Gasteiger partial charge on any atom is -0.491 e. The zero-order valence-electron chi connectivity index (χ0n) is 22.3. The average molecular weight is 519 g/mol. The summed E-state index contributed by atoms with van der Waals surface area (Å²) in [6.07, 6.45) is 12.7. The third-order valence-electron chi connectivity index (χ3n) is 7.93. The minimum absolute atomic E-state index is 0.289. The van der Waals surface area contributed by atoms with Crippen LogP contribution in [0.3, 0.4) is 0 Å². The van der Waals surface area contributed by atoms with Crippen LogP contribution in [0.4, 0.5) is 0 Å². The Bertz CT molecular complexity index is 959. The molecule has 0 spiro atoms. The highest BCUT2D eigenvalue weighted by Crippen LogP contribution is 2.30. The molecule has 0 amide bonds. The van der Waals surface area contributed by atoms with E-state index in [1.165, 1.54) is 24.0 Å². The van der Waals surface area contributed by atoms with Crippen LogP contribution in [0.1, 0.15) is 48.6 Å². The van der Waals surface area contributed by atoms with Gasteiger partial charge in [0.05, 0.1) is 0 Å². The van der Waals surface area contributed by atoms with E-state index in [9.17, 15) is 10.2 Å². The van der Waals surface area contributed by atoms with Crippen molar-refractivity contribution in [2.75, 3.05) is 52.5 Å². The van der Waals surface area contributed by atoms with Crippen molar-refractivity contribution in [1.29, 1.82) is 0 Å². The fourth-order valence-corrected chi connectivity index (χ4v) is 5.68. The van der Waals surface area contributed by atoms with E-state index in [1.807, 2.05) is 24.3 Å². The fourth-order valence-electron chi connectivity index (χ4n) is 5.68. The molecule has 0 radical (unpaired) electrons. The first-order valence-corrected chi connectivity index (χ1v) is 14.2. The van der Waals surface area contributed by atoms with Crippen LogP contribution < -0.4 is 9.47 Å². The van der Waals surface area contributed by atoms with Gasteiger partial charge in [-0.15, -0.1) is 0 Å². The van der Waals surface area contributed by atoms with Crippen LogP contribution in [-0.2, 0) is 0 Å². The van der Waals surface area contributed by atoms with Gasteiger partial charge in [-0.25, -0.2) is 0 Å². The molecule has 38 heavy (non-hydrogen) atoms. The second kappa shape index (κ2) is 13.4. The van der Waals surface area contributed by atoms with E-state index < -0.39 is 12.2 Å². The first-order chi connectivity index (χ1) is 18.6. The monoisotopic (exact) mass is 518 g/mol. The summed E-state index contributed by atoms with van der Waals surface area (Å²) in [6.45, 7) is 5.23. The fraction of sp³-hybridized carbons (Fsp3) is 0.500. The molecular formula is C32H42N2O4. The Kier molecular flexibility index (Phi) is 9.52. The lowest BCUT2D eigenvalue weighted by atomic mass is 9.99. The number of rotatable bonds is 12. The van der Waals surface area contributed by atoms with E-state index in [1.54, 1.807) is 0 Å². The van der Waals surface area contributed by atoms with Crippen molar-refractivity contribution >= 4 is 0 Å². The average Bonchev–Trinajstić information content (AvgIpc) is 3.68. The predicted molar refractivity (Wildman–Crippen MR) is 151 cm³/mol. The standard InChI is InChI=1S/C32H42N2O4/c35-29(23-37-31-13-9-27(10-14-31)25-5-1-2-6-25)21-33-17-19-34(20-18-33)22-30(36)24-38-32-15-11-28(12-16-32)26-7-3-4-8-26/h1,3,5,7,9-16,25-26,29-30,35-36H,2,4,6,8,17-24H2/t25-,26-,29-,30-/m0/s1. The number of hydrogen-bond donors (Lipinski definition) is 2. The summed E-state index contributed by atoms with van der Waals surface area (Å²) >= 11 is 0. The van der Waals surface area contributed by atoms with Crippen LogP contribution in [0.2, 0.25) is 0 Å². The Morgan fingerprint density at radius 3 is 1.37 bits per heavy atom. The van der Waals surface area contributed by atoms with E-state index >= 15 is 0 Å². The lowest BCUT2D eigenvalue weighted by molar-refractivity contribution is 0.0240. The van der Waals surface area contributed by atoms with Gasteiger partial charge in [-0.3, -0.25) is 9.80 Å². The van der Waals surface area contributed by atoms with E-state index in [0.29, 0.717) is 24.9 Å². The first kappa shape index (κ1) is 26.9. The van der Waals surface area contributed by atoms with E-state index in [-0.39, 0.29) is 13.2 Å². The molecule has 2 aliphatic carbocycles. The molecule has 2 N–H and O–H groups in total. The lowest BCUT2D eigenvalue weighted by Gasteiger charge is -2.36. The van der Waals surface area contributed by atoms with Gasteiger partial charge in [-0.05, 0) is 61.1 Å². The van der Waals surface area contributed by atoms with Gasteiger partial charge in [0.2, 0.25) is 0 Å². The maximum absolute atomic E-state index is 10.5. The maximum atomic E-state index is 10.5. The Hall–Kier alpha value is -2.64. The molecule has 3 aliphatic rings. The summed E-state index contributed by atoms with van der Waals surface area (Å²) in [5.41, 5.74) is 2.65. The van der Waals surface area contributed by atoms with Crippen molar-refractivity contribution in [3.05, 3.63) is 84.0 Å². The molecule has 0 bridgehead atoms. The van der Waals surface area contributed by atoms with Gasteiger partial charge in [-0.2, -0.15) is 0 Å². The highest BCUT2D eigenvalue weighted by Gasteiger charge is 2.22. The topological polar surface area (TPSA) is 65.4 Å². The van der Waals surface area contributed by atoms with Crippen LogP contribution in [0.5, 0.6) is 11.5 Å². The smallest absolute Gasteiger partial charge is 0.119 e. The molecular weight excluding hydrogens is 476 g/mol. The third kappa shape index (κ3) is 7.70. The quantitative estimate of drug-likeness (QED) is 0.408. The zero-order chi connectivity index (χ0) is 26.2. The van der Waals surface area contributed by atoms with Gasteiger partial charge in [-0.1, -0.05) is 48.6 Å². The predicted octanol–water partition coefficient (Wildman–Crippen LogP) is 4.35. The van der Waals surface area contributed by atoms with Crippen molar-refractivity contribution in [2.45, 2.75) is 49.7 Å². The second-order valence-electron chi connectivity index (χ2n) is 10.9.